The number of hydrogen-bond donors (Lipinski definition) is 2. The second kappa shape index (κ2) is 6.72. The molecule has 4 rings (SSSR count). The minimum Gasteiger partial charge on any atom is -0.492 e. The average Bonchev–Trinajstić information content (AvgIpc) is 3.38. The van der Waals surface area contributed by atoms with Crippen LogP contribution in [0.25, 0.3) is 10.9 Å². The zero-order valence-corrected chi connectivity index (χ0v) is 16.0. The molecule has 2 aliphatic rings. The summed E-state index contributed by atoms with van der Waals surface area (Å²) in [5, 5.41) is 0.0358. The SMILES string of the molecule is COc1c(N2C[C@H](C)[C@@H](N)C2)c(F)cc2c(=O)n(N)c(=O)n(C3CC3)c12.Cl. The van der Waals surface area contributed by atoms with Gasteiger partial charge in [0.25, 0.3) is 5.56 Å². The number of hydrogen-bond acceptors (Lipinski definition) is 6. The smallest absolute Gasteiger partial charge is 0.350 e. The van der Waals surface area contributed by atoms with E-state index in [9.17, 15) is 14.0 Å². The summed E-state index contributed by atoms with van der Waals surface area (Å²) in [6.45, 7) is 3.05. The van der Waals surface area contributed by atoms with Gasteiger partial charge < -0.3 is 21.2 Å². The molecule has 2 aromatic rings. The third-order valence-corrected chi connectivity index (χ3v) is 5.39. The van der Waals surface area contributed by atoms with Crippen LogP contribution in [0.1, 0.15) is 25.8 Å². The van der Waals surface area contributed by atoms with E-state index in [0.717, 1.165) is 18.9 Å². The molecule has 1 saturated carbocycles. The van der Waals surface area contributed by atoms with Crippen LogP contribution in [0.5, 0.6) is 5.75 Å². The first-order chi connectivity index (χ1) is 12.3. The van der Waals surface area contributed by atoms with Gasteiger partial charge in [-0.05, 0) is 24.8 Å². The van der Waals surface area contributed by atoms with E-state index >= 15 is 0 Å². The maximum absolute atomic E-state index is 15.0. The van der Waals surface area contributed by atoms with Crippen molar-refractivity contribution in [1.29, 1.82) is 0 Å². The molecule has 0 radical (unpaired) electrons. The van der Waals surface area contributed by atoms with Gasteiger partial charge in [0.2, 0.25) is 0 Å². The third kappa shape index (κ3) is 2.85. The molecule has 2 fully saturated rings. The number of nitrogens with zero attached hydrogens (tertiary/aromatic N) is 3. The topological polar surface area (TPSA) is 109 Å². The van der Waals surface area contributed by atoms with Crippen molar-refractivity contribution in [2.45, 2.75) is 31.8 Å². The zero-order chi connectivity index (χ0) is 18.7. The van der Waals surface area contributed by atoms with Crippen molar-refractivity contribution in [3.8, 4) is 5.75 Å². The first kappa shape index (κ1) is 19.5. The van der Waals surface area contributed by atoms with Crippen molar-refractivity contribution >= 4 is 29.0 Å². The van der Waals surface area contributed by atoms with Crippen LogP contribution in [-0.2, 0) is 0 Å². The number of aromatic nitrogens is 2. The van der Waals surface area contributed by atoms with Gasteiger partial charge in [0.1, 0.15) is 11.2 Å². The van der Waals surface area contributed by atoms with E-state index in [0.29, 0.717) is 23.3 Å². The van der Waals surface area contributed by atoms with Crippen LogP contribution in [0.4, 0.5) is 10.1 Å². The van der Waals surface area contributed by atoms with E-state index in [-0.39, 0.29) is 47.2 Å². The number of ether oxygens (including phenoxy) is 1. The molecule has 0 amide bonds. The predicted octanol–water partition coefficient (Wildman–Crippen LogP) is 0.565. The Kier molecular flexibility index (Phi) is 4.85. The maximum Gasteiger partial charge on any atom is 0.350 e. The molecule has 0 bridgehead atoms. The fourth-order valence-electron chi connectivity index (χ4n) is 3.77. The minimum absolute atomic E-state index is 0. The maximum atomic E-state index is 15.0. The molecule has 1 aliphatic heterocycles. The summed E-state index contributed by atoms with van der Waals surface area (Å²) in [7, 11) is 1.41. The number of rotatable bonds is 3. The lowest BCUT2D eigenvalue weighted by Crippen LogP contribution is -2.44. The van der Waals surface area contributed by atoms with E-state index in [1.165, 1.54) is 11.7 Å². The molecule has 0 unspecified atom stereocenters. The number of anilines is 1. The number of nitrogens with two attached hydrogens (primary N) is 2. The Labute approximate surface area is 160 Å². The van der Waals surface area contributed by atoms with Gasteiger partial charge in [-0.2, -0.15) is 4.68 Å². The van der Waals surface area contributed by atoms with Crippen molar-refractivity contribution in [2.24, 2.45) is 11.7 Å². The van der Waals surface area contributed by atoms with Crippen LogP contribution in [0.3, 0.4) is 0 Å². The molecule has 1 saturated heterocycles. The van der Waals surface area contributed by atoms with Gasteiger partial charge in [-0.25, -0.2) is 9.18 Å². The largest absolute Gasteiger partial charge is 0.492 e. The molecule has 1 aliphatic carbocycles. The normalized spacial score (nSPS) is 22.1. The molecule has 4 N–H and O–H groups in total. The van der Waals surface area contributed by atoms with Crippen molar-refractivity contribution in [3.63, 3.8) is 0 Å². The van der Waals surface area contributed by atoms with Gasteiger partial charge in [-0.15, -0.1) is 12.4 Å². The summed E-state index contributed by atoms with van der Waals surface area (Å²) in [6, 6.07) is 0.996. The second-order valence-electron chi connectivity index (χ2n) is 7.24. The van der Waals surface area contributed by atoms with Gasteiger partial charge in [0.15, 0.2) is 11.6 Å². The molecule has 10 heteroatoms. The van der Waals surface area contributed by atoms with Crippen LogP contribution >= 0.6 is 12.4 Å². The number of halogens is 2. The van der Waals surface area contributed by atoms with Gasteiger partial charge in [0.05, 0.1) is 12.5 Å². The highest BCUT2D eigenvalue weighted by atomic mass is 35.5. The van der Waals surface area contributed by atoms with Crippen molar-refractivity contribution in [3.05, 3.63) is 32.7 Å². The standard InChI is InChI=1S/C17H22FN5O3.ClH/c1-8-6-21(7-12(8)19)14-11(18)5-10-13(15(14)26-2)22(9-3-4-9)17(25)23(20)16(10)24;/h5,8-9,12H,3-4,6-7,19-20H2,1-2H3;1H/t8-,12-;/m0./s1. The van der Waals surface area contributed by atoms with E-state index in [1.54, 1.807) is 0 Å². The fraction of sp³-hybridized carbons (Fsp3) is 0.529. The lowest BCUT2D eigenvalue weighted by Gasteiger charge is -2.24. The highest BCUT2D eigenvalue weighted by Gasteiger charge is 2.35. The van der Waals surface area contributed by atoms with Crippen LogP contribution in [-0.4, -0.2) is 35.5 Å². The van der Waals surface area contributed by atoms with Crippen LogP contribution in [0.2, 0.25) is 0 Å². The highest BCUT2D eigenvalue weighted by Crippen LogP contribution is 2.43. The monoisotopic (exact) mass is 399 g/mol. The number of methoxy groups -OCH3 is 1. The molecular formula is C17H23ClFN5O3. The number of fused-ring (bicyclic) bond motifs is 1. The van der Waals surface area contributed by atoms with E-state index in [2.05, 4.69) is 0 Å². The quantitative estimate of drug-likeness (QED) is 0.730. The van der Waals surface area contributed by atoms with Crippen LogP contribution < -0.4 is 32.5 Å². The molecule has 8 nitrogen and oxygen atoms in total. The lowest BCUT2D eigenvalue weighted by atomic mass is 10.1. The molecule has 0 spiro atoms. The zero-order valence-electron chi connectivity index (χ0n) is 15.1. The number of nitrogen functional groups attached to an aromatic ring is 1. The average molecular weight is 400 g/mol. The van der Waals surface area contributed by atoms with Crippen LogP contribution in [0.15, 0.2) is 15.7 Å². The van der Waals surface area contributed by atoms with Crippen molar-refractivity contribution in [2.75, 3.05) is 30.9 Å². The molecule has 27 heavy (non-hydrogen) atoms. The Balaban J connectivity index is 0.00000210. The Morgan fingerprint density at radius 2 is 1.93 bits per heavy atom. The highest BCUT2D eigenvalue weighted by molar-refractivity contribution is 5.91. The Morgan fingerprint density at radius 3 is 2.44 bits per heavy atom. The van der Waals surface area contributed by atoms with Gasteiger partial charge in [0, 0.05) is 25.2 Å². The molecule has 2 atom stereocenters. The first-order valence-electron chi connectivity index (χ1n) is 8.68. The third-order valence-electron chi connectivity index (χ3n) is 5.39. The van der Waals surface area contributed by atoms with Crippen molar-refractivity contribution < 1.29 is 9.13 Å². The van der Waals surface area contributed by atoms with Gasteiger partial charge in [-0.3, -0.25) is 9.36 Å². The minimum atomic E-state index is -0.739. The summed E-state index contributed by atoms with van der Waals surface area (Å²) in [5.74, 6) is 5.42. The van der Waals surface area contributed by atoms with E-state index < -0.39 is 17.1 Å². The van der Waals surface area contributed by atoms with E-state index in [1.807, 2.05) is 11.8 Å². The number of benzene rings is 1. The Morgan fingerprint density at radius 1 is 1.26 bits per heavy atom. The summed E-state index contributed by atoms with van der Waals surface area (Å²) in [5.41, 5.74) is 5.27. The van der Waals surface area contributed by atoms with Gasteiger partial charge in [-0.1, -0.05) is 6.92 Å². The molecule has 2 heterocycles. The summed E-state index contributed by atoms with van der Waals surface area (Å²) in [6.07, 6.45) is 1.60. The molecular weight excluding hydrogens is 377 g/mol. The predicted molar refractivity (Wildman–Crippen MR) is 104 cm³/mol. The Bertz CT molecular complexity index is 1010. The Hall–Kier alpha value is -2.26. The lowest BCUT2D eigenvalue weighted by molar-refractivity contribution is 0.412. The molecule has 1 aromatic carbocycles. The molecule has 1 aromatic heterocycles. The van der Waals surface area contributed by atoms with Gasteiger partial charge >= 0.3 is 5.69 Å². The van der Waals surface area contributed by atoms with E-state index in [4.69, 9.17) is 16.3 Å². The summed E-state index contributed by atoms with van der Waals surface area (Å²) in [4.78, 5) is 26.9. The summed E-state index contributed by atoms with van der Waals surface area (Å²) < 4.78 is 22.5. The van der Waals surface area contributed by atoms with Crippen molar-refractivity contribution in [1.82, 2.24) is 9.24 Å². The summed E-state index contributed by atoms with van der Waals surface area (Å²) >= 11 is 0. The molecule has 148 valence electrons. The second-order valence-corrected chi connectivity index (χ2v) is 7.24. The van der Waals surface area contributed by atoms with Crippen LogP contribution in [0, 0.1) is 11.7 Å². The fourth-order valence-corrected chi connectivity index (χ4v) is 3.77. The first-order valence-corrected chi connectivity index (χ1v) is 8.68.